The monoisotopic (exact) mass is 309 g/mol. The summed E-state index contributed by atoms with van der Waals surface area (Å²) in [4.78, 5) is 23.2. The number of aryl methyl sites for hydroxylation is 1. The van der Waals surface area contributed by atoms with Gasteiger partial charge in [-0.2, -0.15) is 0 Å². The summed E-state index contributed by atoms with van der Waals surface area (Å²) in [5, 5.41) is 0. The Bertz CT molecular complexity index is 849. The van der Waals surface area contributed by atoms with Gasteiger partial charge in [0.1, 0.15) is 17.2 Å². The van der Waals surface area contributed by atoms with E-state index in [-0.39, 0.29) is 5.91 Å². The Morgan fingerprint density at radius 3 is 3.09 bits per heavy atom. The Morgan fingerprint density at radius 2 is 2.17 bits per heavy atom. The normalized spacial score (nSPS) is 17.2. The van der Waals surface area contributed by atoms with E-state index < -0.39 is 0 Å². The molecule has 1 amide bonds. The molecule has 1 aliphatic heterocycles. The molecule has 23 heavy (non-hydrogen) atoms. The second-order valence-corrected chi connectivity index (χ2v) is 6.15. The molecule has 0 fully saturated rings. The lowest BCUT2D eigenvalue weighted by molar-refractivity contribution is 0.0753. The van der Waals surface area contributed by atoms with Crippen LogP contribution in [0.1, 0.15) is 22.7 Å². The van der Waals surface area contributed by atoms with Gasteiger partial charge < -0.3 is 9.47 Å². The minimum Gasteiger partial charge on any atom is -0.340 e. The largest absolute Gasteiger partial charge is 0.340 e. The van der Waals surface area contributed by atoms with Gasteiger partial charge in [-0.15, -0.1) is 0 Å². The molecule has 0 spiro atoms. The Balaban J connectivity index is 1.50. The fourth-order valence-electron chi connectivity index (χ4n) is 3.37. The van der Waals surface area contributed by atoms with Crippen molar-refractivity contribution in [3.05, 3.63) is 54.5 Å². The number of hydrogen-bond acceptors (Lipinski definition) is 3. The summed E-state index contributed by atoms with van der Waals surface area (Å²) in [6.07, 6.45) is 9.48. The first-order valence-electron chi connectivity index (χ1n) is 7.90. The van der Waals surface area contributed by atoms with Crippen molar-refractivity contribution in [1.82, 2.24) is 23.8 Å². The van der Waals surface area contributed by atoms with Gasteiger partial charge in [-0.05, 0) is 24.5 Å². The van der Waals surface area contributed by atoms with Gasteiger partial charge in [-0.3, -0.25) is 9.20 Å². The number of nitrogens with zero attached hydrogens (tertiary/aromatic N) is 5. The van der Waals surface area contributed by atoms with Crippen LogP contribution in [0.15, 0.2) is 43.0 Å². The zero-order valence-corrected chi connectivity index (χ0v) is 13.1. The third-order valence-corrected chi connectivity index (χ3v) is 4.56. The zero-order chi connectivity index (χ0) is 15.8. The van der Waals surface area contributed by atoms with Crippen LogP contribution in [0.2, 0.25) is 0 Å². The highest BCUT2D eigenvalue weighted by atomic mass is 16.2. The minimum atomic E-state index is 0.0324. The third kappa shape index (κ3) is 2.50. The van der Waals surface area contributed by atoms with Crippen LogP contribution in [0.25, 0.3) is 5.65 Å². The van der Waals surface area contributed by atoms with Crippen LogP contribution in [-0.4, -0.2) is 43.3 Å². The quantitative estimate of drug-likeness (QED) is 0.742. The van der Waals surface area contributed by atoms with Gasteiger partial charge in [0.05, 0.1) is 0 Å². The van der Waals surface area contributed by atoms with Gasteiger partial charge >= 0.3 is 0 Å². The standard InChI is InChI=1S/C17H19N5O/c1-20(11-13-5-6-15-18-7-9-21(15)12-13)17(23)14-3-2-4-16-19-8-10-22(14)16/h2-4,7-10,13H,5-6,11-12H2,1H3/t13-/m0/s1. The highest BCUT2D eigenvalue weighted by Gasteiger charge is 2.23. The summed E-state index contributed by atoms with van der Waals surface area (Å²) in [6, 6.07) is 5.63. The fraction of sp³-hybridized carbons (Fsp3) is 0.353. The van der Waals surface area contributed by atoms with E-state index in [0.29, 0.717) is 11.6 Å². The Labute approximate surface area is 134 Å². The molecule has 3 aromatic heterocycles. The summed E-state index contributed by atoms with van der Waals surface area (Å²) in [6.45, 7) is 1.68. The molecule has 0 bridgehead atoms. The average Bonchev–Trinajstić information content (AvgIpc) is 3.21. The lowest BCUT2D eigenvalue weighted by Crippen LogP contribution is -2.36. The first-order chi connectivity index (χ1) is 11.2. The molecule has 6 nitrogen and oxygen atoms in total. The Morgan fingerprint density at radius 1 is 1.30 bits per heavy atom. The predicted molar refractivity (Wildman–Crippen MR) is 86.2 cm³/mol. The summed E-state index contributed by atoms with van der Waals surface area (Å²) < 4.78 is 4.04. The van der Waals surface area contributed by atoms with Crippen molar-refractivity contribution < 1.29 is 4.79 Å². The van der Waals surface area contributed by atoms with E-state index in [1.54, 1.807) is 6.20 Å². The Hall–Kier alpha value is -2.63. The molecule has 1 atom stereocenters. The highest BCUT2D eigenvalue weighted by molar-refractivity contribution is 5.93. The molecule has 0 N–H and O–H groups in total. The van der Waals surface area contributed by atoms with E-state index in [1.165, 1.54) is 0 Å². The molecule has 0 aromatic carbocycles. The SMILES string of the molecule is CN(C[C@@H]1CCc2nccn2C1)C(=O)c1cccc2nccn12. The first kappa shape index (κ1) is 14.0. The van der Waals surface area contributed by atoms with Gasteiger partial charge in [-0.1, -0.05) is 6.07 Å². The number of rotatable bonds is 3. The molecule has 0 saturated heterocycles. The lowest BCUT2D eigenvalue weighted by Gasteiger charge is -2.28. The average molecular weight is 309 g/mol. The van der Waals surface area contributed by atoms with E-state index in [4.69, 9.17) is 0 Å². The summed E-state index contributed by atoms with van der Waals surface area (Å²) in [5.41, 5.74) is 1.45. The number of hydrogen-bond donors (Lipinski definition) is 0. The van der Waals surface area contributed by atoms with Crippen LogP contribution in [-0.2, 0) is 13.0 Å². The van der Waals surface area contributed by atoms with Crippen LogP contribution in [0.4, 0.5) is 0 Å². The molecule has 0 unspecified atom stereocenters. The van der Waals surface area contributed by atoms with Crippen molar-refractivity contribution in [3.63, 3.8) is 0 Å². The van der Waals surface area contributed by atoms with Crippen LogP contribution in [0.5, 0.6) is 0 Å². The maximum absolute atomic E-state index is 12.8. The zero-order valence-electron chi connectivity index (χ0n) is 13.1. The summed E-state index contributed by atoms with van der Waals surface area (Å²) >= 11 is 0. The molecule has 3 aromatic rings. The van der Waals surface area contributed by atoms with Gasteiger partial charge in [-0.25, -0.2) is 9.97 Å². The second-order valence-electron chi connectivity index (χ2n) is 6.15. The van der Waals surface area contributed by atoms with Gasteiger partial charge in [0, 0.05) is 51.3 Å². The van der Waals surface area contributed by atoms with Crippen LogP contribution in [0.3, 0.4) is 0 Å². The van der Waals surface area contributed by atoms with E-state index in [1.807, 2.05) is 53.1 Å². The molecular formula is C17H19N5O. The molecule has 118 valence electrons. The van der Waals surface area contributed by atoms with Crippen LogP contribution < -0.4 is 0 Å². The van der Waals surface area contributed by atoms with Crippen molar-refractivity contribution in [1.29, 1.82) is 0 Å². The van der Waals surface area contributed by atoms with Crippen molar-refractivity contribution >= 4 is 11.6 Å². The molecule has 4 heterocycles. The van der Waals surface area contributed by atoms with E-state index in [2.05, 4.69) is 14.5 Å². The number of aromatic nitrogens is 4. The predicted octanol–water partition coefficient (Wildman–Crippen LogP) is 1.87. The van der Waals surface area contributed by atoms with Crippen molar-refractivity contribution in [3.8, 4) is 0 Å². The minimum absolute atomic E-state index is 0.0324. The number of carbonyl (C=O) groups excluding carboxylic acids is 1. The molecule has 0 aliphatic carbocycles. The number of pyridine rings is 1. The van der Waals surface area contributed by atoms with Crippen molar-refractivity contribution in [2.24, 2.45) is 5.92 Å². The first-order valence-corrected chi connectivity index (χ1v) is 7.90. The third-order valence-electron chi connectivity index (χ3n) is 4.56. The lowest BCUT2D eigenvalue weighted by atomic mass is 9.99. The highest BCUT2D eigenvalue weighted by Crippen LogP contribution is 2.20. The molecule has 0 radical (unpaired) electrons. The number of fused-ring (bicyclic) bond motifs is 2. The maximum Gasteiger partial charge on any atom is 0.270 e. The smallest absolute Gasteiger partial charge is 0.270 e. The Kier molecular flexibility index (Phi) is 3.37. The summed E-state index contributed by atoms with van der Waals surface area (Å²) in [7, 11) is 1.88. The van der Waals surface area contributed by atoms with Gasteiger partial charge in [0.25, 0.3) is 5.91 Å². The van der Waals surface area contributed by atoms with Gasteiger partial charge in [0.15, 0.2) is 0 Å². The molecule has 6 heteroatoms. The molecular weight excluding hydrogens is 290 g/mol. The van der Waals surface area contributed by atoms with E-state index >= 15 is 0 Å². The molecule has 1 aliphatic rings. The van der Waals surface area contributed by atoms with Crippen LogP contribution in [0, 0.1) is 5.92 Å². The van der Waals surface area contributed by atoms with E-state index in [0.717, 1.165) is 37.4 Å². The van der Waals surface area contributed by atoms with Gasteiger partial charge in [0.2, 0.25) is 0 Å². The number of imidazole rings is 2. The maximum atomic E-state index is 12.8. The molecule has 4 rings (SSSR count). The summed E-state index contributed by atoms with van der Waals surface area (Å²) in [5.74, 6) is 1.65. The van der Waals surface area contributed by atoms with Crippen molar-refractivity contribution in [2.75, 3.05) is 13.6 Å². The second kappa shape index (κ2) is 5.53. The molecule has 0 saturated carbocycles. The van der Waals surface area contributed by atoms with Crippen LogP contribution >= 0.6 is 0 Å². The van der Waals surface area contributed by atoms with Crippen molar-refractivity contribution in [2.45, 2.75) is 19.4 Å². The number of carbonyl (C=O) groups is 1. The topological polar surface area (TPSA) is 55.4 Å². The fourth-order valence-corrected chi connectivity index (χ4v) is 3.37. The van der Waals surface area contributed by atoms with E-state index in [9.17, 15) is 4.79 Å². The number of amides is 1.